The Labute approximate surface area is 142 Å². The van der Waals surface area contributed by atoms with Crippen molar-refractivity contribution in [2.75, 3.05) is 0 Å². The second kappa shape index (κ2) is 6.82. The van der Waals surface area contributed by atoms with Gasteiger partial charge in [0.1, 0.15) is 0 Å². The molecule has 0 saturated carbocycles. The highest BCUT2D eigenvalue weighted by Crippen LogP contribution is 2.37. The lowest BCUT2D eigenvalue weighted by molar-refractivity contribution is -0.385. The van der Waals surface area contributed by atoms with Crippen molar-refractivity contribution in [3.8, 4) is 17.7 Å². The third kappa shape index (κ3) is 3.48. The predicted molar refractivity (Wildman–Crippen MR) is 87.5 cm³/mol. The van der Waals surface area contributed by atoms with Gasteiger partial charge in [-0.25, -0.2) is 4.98 Å². The van der Waals surface area contributed by atoms with Crippen LogP contribution in [-0.2, 0) is 5.33 Å². The summed E-state index contributed by atoms with van der Waals surface area (Å²) in [5.74, 6) is 0.376. The number of ether oxygens (including phenoxy) is 1. The van der Waals surface area contributed by atoms with Crippen LogP contribution in [0.3, 0.4) is 0 Å². The molecular formula is C13H7BrIN3O3. The van der Waals surface area contributed by atoms with Crippen molar-refractivity contribution < 1.29 is 9.66 Å². The van der Waals surface area contributed by atoms with E-state index in [0.717, 1.165) is 5.56 Å². The van der Waals surface area contributed by atoms with Gasteiger partial charge in [0.2, 0.25) is 11.6 Å². The van der Waals surface area contributed by atoms with Gasteiger partial charge in [0.25, 0.3) is 0 Å². The summed E-state index contributed by atoms with van der Waals surface area (Å²) in [6.07, 6.45) is 1.55. The van der Waals surface area contributed by atoms with E-state index in [1.807, 2.05) is 28.7 Å². The van der Waals surface area contributed by atoms with Crippen LogP contribution < -0.4 is 4.74 Å². The second-order valence-corrected chi connectivity index (χ2v) is 5.60. The first-order chi connectivity index (χ1) is 10.1. The van der Waals surface area contributed by atoms with E-state index in [9.17, 15) is 10.1 Å². The molecule has 6 nitrogen and oxygen atoms in total. The van der Waals surface area contributed by atoms with Gasteiger partial charge in [-0.1, -0.05) is 22.0 Å². The standard InChI is InChI=1S/C13H7BrIN3O3/c14-6-9-2-1-3-17-13(9)21-12-10(15)4-8(7-16)5-11(12)18(19)20/h1-5H,6H2. The molecule has 2 rings (SSSR count). The molecule has 0 unspecified atom stereocenters. The fraction of sp³-hybridized carbons (Fsp3) is 0.0769. The minimum Gasteiger partial charge on any atom is -0.430 e. The highest BCUT2D eigenvalue weighted by atomic mass is 127. The summed E-state index contributed by atoms with van der Waals surface area (Å²) in [4.78, 5) is 14.7. The predicted octanol–water partition coefficient (Wildman–Crippen LogP) is 4.15. The number of alkyl halides is 1. The van der Waals surface area contributed by atoms with Crippen LogP contribution in [-0.4, -0.2) is 9.91 Å². The molecule has 1 aromatic carbocycles. The van der Waals surface area contributed by atoms with Gasteiger partial charge in [-0.3, -0.25) is 10.1 Å². The topological polar surface area (TPSA) is 89.0 Å². The summed E-state index contributed by atoms with van der Waals surface area (Å²) in [5, 5.41) is 20.6. The molecule has 0 fully saturated rings. The van der Waals surface area contributed by atoms with E-state index in [1.165, 1.54) is 12.1 Å². The Morgan fingerprint density at radius 2 is 2.29 bits per heavy atom. The lowest BCUT2D eigenvalue weighted by Gasteiger charge is -2.10. The zero-order valence-corrected chi connectivity index (χ0v) is 14.2. The number of nitriles is 1. The third-order valence-corrected chi connectivity index (χ3v) is 3.95. The summed E-state index contributed by atoms with van der Waals surface area (Å²) in [7, 11) is 0. The van der Waals surface area contributed by atoms with E-state index in [2.05, 4.69) is 20.9 Å². The maximum absolute atomic E-state index is 11.2. The maximum Gasteiger partial charge on any atom is 0.314 e. The molecule has 106 valence electrons. The van der Waals surface area contributed by atoms with E-state index >= 15 is 0 Å². The van der Waals surface area contributed by atoms with Gasteiger partial charge >= 0.3 is 5.69 Å². The molecule has 0 aliphatic carbocycles. The number of hydrogen-bond acceptors (Lipinski definition) is 5. The number of rotatable bonds is 4. The molecule has 0 N–H and O–H groups in total. The molecule has 0 atom stereocenters. The van der Waals surface area contributed by atoms with Gasteiger partial charge in [0.15, 0.2) is 0 Å². The van der Waals surface area contributed by atoms with Gasteiger partial charge in [-0.15, -0.1) is 0 Å². The van der Waals surface area contributed by atoms with Crippen molar-refractivity contribution in [2.45, 2.75) is 5.33 Å². The van der Waals surface area contributed by atoms with Crippen LogP contribution in [0, 0.1) is 25.0 Å². The summed E-state index contributed by atoms with van der Waals surface area (Å²) >= 11 is 5.21. The first-order valence-electron chi connectivity index (χ1n) is 5.62. The molecule has 0 aliphatic heterocycles. The number of benzene rings is 1. The quantitative estimate of drug-likeness (QED) is 0.296. The Hall–Kier alpha value is -1.73. The van der Waals surface area contributed by atoms with Gasteiger partial charge in [0.05, 0.1) is 20.1 Å². The lowest BCUT2D eigenvalue weighted by atomic mass is 10.2. The number of nitro groups is 1. The van der Waals surface area contributed by atoms with Gasteiger partial charge < -0.3 is 4.74 Å². The largest absolute Gasteiger partial charge is 0.430 e. The zero-order chi connectivity index (χ0) is 15.4. The maximum atomic E-state index is 11.2. The van der Waals surface area contributed by atoms with Crippen LogP contribution in [0.5, 0.6) is 11.6 Å². The highest BCUT2D eigenvalue weighted by molar-refractivity contribution is 14.1. The summed E-state index contributed by atoms with van der Waals surface area (Å²) in [6, 6.07) is 8.16. The summed E-state index contributed by atoms with van der Waals surface area (Å²) in [6.45, 7) is 0. The van der Waals surface area contributed by atoms with Gasteiger partial charge in [0, 0.05) is 23.2 Å². The number of hydrogen-bond donors (Lipinski definition) is 0. The molecule has 0 aliphatic rings. The number of nitrogens with zero attached hydrogens (tertiary/aromatic N) is 3. The first kappa shape index (κ1) is 15.7. The van der Waals surface area contributed by atoms with Gasteiger partial charge in [-0.05, 0) is 34.7 Å². The van der Waals surface area contributed by atoms with Crippen molar-refractivity contribution in [3.63, 3.8) is 0 Å². The van der Waals surface area contributed by atoms with Gasteiger partial charge in [-0.2, -0.15) is 5.26 Å². The Kier molecular flexibility index (Phi) is 5.08. The molecule has 0 spiro atoms. The van der Waals surface area contributed by atoms with Crippen molar-refractivity contribution in [2.24, 2.45) is 0 Å². The fourth-order valence-corrected chi connectivity index (χ4v) is 2.74. The normalized spacial score (nSPS) is 9.95. The van der Waals surface area contributed by atoms with Crippen molar-refractivity contribution >= 4 is 44.2 Å². The monoisotopic (exact) mass is 459 g/mol. The Bertz CT molecular complexity index is 746. The van der Waals surface area contributed by atoms with Crippen molar-refractivity contribution in [1.82, 2.24) is 4.98 Å². The van der Waals surface area contributed by atoms with Crippen LogP contribution in [0.1, 0.15) is 11.1 Å². The smallest absolute Gasteiger partial charge is 0.314 e. The number of nitro benzene ring substituents is 1. The number of pyridine rings is 1. The van der Waals surface area contributed by atoms with Crippen LogP contribution in [0.25, 0.3) is 0 Å². The average molecular weight is 460 g/mol. The Morgan fingerprint density at radius 1 is 1.52 bits per heavy atom. The third-order valence-electron chi connectivity index (χ3n) is 2.54. The lowest BCUT2D eigenvalue weighted by Crippen LogP contribution is -1.99. The van der Waals surface area contributed by atoms with Crippen LogP contribution in [0.4, 0.5) is 5.69 Å². The second-order valence-electron chi connectivity index (χ2n) is 3.88. The van der Waals surface area contributed by atoms with E-state index < -0.39 is 4.92 Å². The fourth-order valence-electron chi connectivity index (χ4n) is 1.59. The first-order valence-corrected chi connectivity index (χ1v) is 7.82. The Balaban J connectivity index is 2.54. The number of halogens is 2. The average Bonchev–Trinajstić information content (AvgIpc) is 2.49. The molecule has 0 bridgehead atoms. The van der Waals surface area contributed by atoms with E-state index in [0.29, 0.717) is 14.8 Å². The van der Waals surface area contributed by atoms with E-state index in [-0.39, 0.29) is 17.0 Å². The van der Waals surface area contributed by atoms with Crippen molar-refractivity contribution in [3.05, 3.63) is 55.3 Å². The molecule has 0 radical (unpaired) electrons. The van der Waals surface area contributed by atoms with Crippen LogP contribution in [0.15, 0.2) is 30.5 Å². The summed E-state index contributed by atoms with van der Waals surface area (Å²) < 4.78 is 6.10. The minimum atomic E-state index is -0.574. The number of aromatic nitrogens is 1. The molecule has 1 heterocycles. The molecule has 21 heavy (non-hydrogen) atoms. The van der Waals surface area contributed by atoms with E-state index in [4.69, 9.17) is 10.00 Å². The molecule has 1 aromatic heterocycles. The molecule has 0 saturated heterocycles. The SMILES string of the molecule is N#Cc1cc(I)c(Oc2ncccc2CBr)c([N+](=O)[O-])c1. The van der Waals surface area contributed by atoms with Crippen molar-refractivity contribution in [1.29, 1.82) is 5.26 Å². The van der Waals surface area contributed by atoms with Crippen LogP contribution >= 0.6 is 38.5 Å². The molecule has 2 aromatic rings. The Morgan fingerprint density at radius 3 is 2.90 bits per heavy atom. The van der Waals surface area contributed by atoms with E-state index in [1.54, 1.807) is 18.3 Å². The van der Waals surface area contributed by atoms with Crippen LogP contribution in [0.2, 0.25) is 0 Å². The zero-order valence-electron chi connectivity index (χ0n) is 10.4. The summed E-state index contributed by atoms with van der Waals surface area (Å²) in [5.41, 5.74) is 0.719. The minimum absolute atomic E-state index is 0.0838. The molecular weight excluding hydrogens is 453 g/mol. The molecule has 8 heteroatoms. The highest BCUT2D eigenvalue weighted by Gasteiger charge is 2.22. The molecule has 0 amide bonds.